The SMILES string of the molecule is CCNC(=O)c1cccnc1C(N)=O. The van der Waals surface area contributed by atoms with Crippen LogP contribution in [0.5, 0.6) is 0 Å². The predicted molar refractivity (Wildman–Crippen MR) is 50.8 cm³/mol. The van der Waals surface area contributed by atoms with Crippen molar-refractivity contribution in [2.45, 2.75) is 6.92 Å². The van der Waals surface area contributed by atoms with Crippen LogP contribution in [0.2, 0.25) is 0 Å². The van der Waals surface area contributed by atoms with Gasteiger partial charge >= 0.3 is 0 Å². The molecule has 0 aliphatic rings. The topological polar surface area (TPSA) is 85.1 Å². The summed E-state index contributed by atoms with van der Waals surface area (Å²) in [6, 6.07) is 3.09. The third kappa shape index (κ3) is 2.07. The summed E-state index contributed by atoms with van der Waals surface area (Å²) in [5.41, 5.74) is 5.28. The minimum absolute atomic E-state index is 0.00144. The Morgan fingerprint density at radius 3 is 2.86 bits per heavy atom. The summed E-state index contributed by atoms with van der Waals surface area (Å²) < 4.78 is 0. The van der Waals surface area contributed by atoms with Crippen molar-refractivity contribution in [1.29, 1.82) is 0 Å². The lowest BCUT2D eigenvalue weighted by Gasteiger charge is -2.04. The van der Waals surface area contributed by atoms with Crippen molar-refractivity contribution in [2.24, 2.45) is 5.73 Å². The van der Waals surface area contributed by atoms with E-state index < -0.39 is 5.91 Å². The van der Waals surface area contributed by atoms with Gasteiger partial charge in [0, 0.05) is 12.7 Å². The molecule has 3 N–H and O–H groups in total. The molecular formula is C9H11N3O2. The molecule has 74 valence electrons. The number of carbonyl (C=O) groups is 2. The number of hydrogen-bond donors (Lipinski definition) is 2. The fourth-order valence-electron chi connectivity index (χ4n) is 1.04. The van der Waals surface area contributed by atoms with E-state index in [-0.39, 0.29) is 17.2 Å². The van der Waals surface area contributed by atoms with Crippen LogP contribution in [-0.2, 0) is 0 Å². The van der Waals surface area contributed by atoms with Gasteiger partial charge in [-0.3, -0.25) is 14.6 Å². The first kappa shape index (κ1) is 10.2. The predicted octanol–water partition coefficient (Wildman–Crippen LogP) is -0.0698. The molecule has 1 rings (SSSR count). The van der Waals surface area contributed by atoms with Gasteiger partial charge in [0.05, 0.1) is 5.56 Å². The van der Waals surface area contributed by atoms with Gasteiger partial charge in [0.2, 0.25) is 0 Å². The summed E-state index contributed by atoms with van der Waals surface area (Å²) in [4.78, 5) is 26.1. The number of primary amides is 1. The van der Waals surface area contributed by atoms with E-state index in [1.165, 1.54) is 12.3 Å². The monoisotopic (exact) mass is 193 g/mol. The molecule has 0 unspecified atom stereocenters. The average Bonchev–Trinajstić information content (AvgIpc) is 2.18. The second kappa shape index (κ2) is 4.36. The summed E-state index contributed by atoms with van der Waals surface area (Å²) in [5, 5.41) is 2.57. The molecule has 0 radical (unpaired) electrons. The Morgan fingerprint density at radius 1 is 1.57 bits per heavy atom. The number of nitrogens with two attached hydrogens (primary N) is 1. The first-order valence-corrected chi connectivity index (χ1v) is 4.19. The van der Waals surface area contributed by atoms with Gasteiger partial charge in [0.25, 0.3) is 11.8 Å². The quantitative estimate of drug-likeness (QED) is 0.704. The van der Waals surface area contributed by atoms with Gasteiger partial charge in [-0.15, -0.1) is 0 Å². The van der Waals surface area contributed by atoms with Gasteiger partial charge in [-0.05, 0) is 19.1 Å². The lowest BCUT2D eigenvalue weighted by Crippen LogP contribution is -2.27. The molecule has 0 atom stereocenters. The van der Waals surface area contributed by atoms with Crippen LogP contribution >= 0.6 is 0 Å². The number of nitrogens with zero attached hydrogens (tertiary/aromatic N) is 1. The lowest BCUT2D eigenvalue weighted by atomic mass is 10.1. The fourth-order valence-corrected chi connectivity index (χ4v) is 1.04. The Hall–Kier alpha value is -1.91. The van der Waals surface area contributed by atoms with Gasteiger partial charge in [-0.1, -0.05) is 0 Å². The highest BCUT2D eigenvalue weighted by Gasteiger charge is 2.14. The highest BCUT2D eigenvalue weighted by atomic mass is 16.2. The van der Waals surface area contributed by atoms with E-state index in [1.807, 2.05) is 0 Å². The number of carbonyl (C=O) groups excluding carboxylic acids is 2. The second-order valence-electron chi connectivity index (χ2n) is 2.62. The van der Waals surface area contributed by atoms with Gasteiger partial charge < -0.3 is 11.1 Å². The molecule has 0 spiro atoms. The maximum Gasteiger partial charge on any atom is 0.268 e. The summed E-state index contributed by atoms with van der Waals surface area (Å²) in [7, 11) is 0. The molecule has 0 fully saturated rings. The highest BCUT2D eigenvalue weighted by molar-refractivity contribution is 6.05. The van der Waals surface area contributed by atoms with Gasteiger partial charge in [-0.2, -0.15) is 0 Å². The standard InChI is InChI=1S/C9H11N3O2/c1-2-11-9(14)6-4-3-5-12-7(6)8(10)13/h3-5H,2H2,1H3,(H2,10,13)(H,11,14). The van der Waals surface area contributed by atoms with Crippen LogP contribution in [-0.4, -0.2) is 23.3 Å². The van der Waals surface area contributed by atoms with Crippen LogP contribution < -0.4 is 11.1 Å². The van der Waals surface area contributed by atoms with Gasteiger partial charge in [-0.25, -0.2) is 0 Å². The van der Waals surface area contributed by atoms with E-state index in [0.717, 1.165) is 0 Å². The summed E-state index contributed by atoms with van der Waals surface area (Å²) >= 11 is 0. The van der Waals surface area contributed by atoms with Crippen LogP contribution in [0.1, 0.15) is 27.8 Å². The Kier molecular flexibility index (Phi) is 3.17. The minimum Gasteiger partial charge on any atom is -0.364 e. The maximum atomic E-state index is 11.4. The van der Waals surface area contributed by atoms with Crippen LogP contribution in [0.3, 0.4) is 0 Å². The van der Waals surface area contributed by atoms with Crippen molar-refractivity contribution in [3.63, 3.8) is 0 Å². The van der Waals surface area contributed by atoms with E-state index in [2.05, 4.69) is 10.3 Å². The number of nitrogens with one attached hydrogen (secondary N) is 1. The first-order valence-electron chi connectivity index (χ1n) is 4.19. The van der Waals surface area contributed by atoms with E-state index in [0.29, 0.717) is 6.54 Å². The van der Waals surface area contributed by atoms with Crippen LogP contribution in [0.4, 0.5) is 0 Å². The van der Waals surface area contributed by atoms with Crippen LogP contribution in [0.25, 0.3) is 0 Å². The van der Waals surface area contributed by atoms with Crippen molar-refractivity contribution >= 4 is 11.8 Å². The molecule has 5 nitrogen and oxygen atoms in total. The normalized spacial score (nSPS) is 9.50. The number of amides is 2. The van der Waals surface area contributed by atoms with Crippen molar-refractivity contribution in [3.05, 3.63) is 29.6 Å². The average molecular weight is 193 g/mol. The lowest BCUT2D eigenvalue weighted by molar-refractivity contribution is 0.0935. The van der Waals surface area contributed by atoms with Crippen LogP contribution in [0.15, 0.2) is 18.3 Å². The molecule has 0 saturated heterocycles. The third-order valence-corrected chi connectivity index (χ3v) is 1.62. The Bertz CT molecular complexity index is 363. The van der Waals surface area contributed by atoms with E-state index in [9.17, 15) is 9.59 Å². The summed E-state index contributed by atoms with van der Waals surface area (Å²) in [6.07, 6.45) is 1.42. The Morgan fingerprint density at radius 2 is 2.29 bits per heavy atom. The van der Waals surface area contributed by atoms with Gasteiger partial charge in [0.15, 0.2) is 0 Å². The Balaban J connectivity index is 3.07. The van der Waals surface area contributed by atoms with Crippen molar-refractivity contribution in [3.8, 4) is 0 Å². The van der Waals surface area contributed by atoms with Crippen molar-refractivity contribution in [1.82, 2.24) is 10.3 Å². The number of pyridine rings is 1. The molecule has 0 aliphatic carbocycles. The molecular weight excluding hydrogens is 182 g/mol. The van der Waals surface area contributed by atoms with Crippen molar-refractivity contribution in [2.75, 3.05) is 6.54 Å². The molecule has 1 aromatic rings. The van der Waals surface area contributed by atoms with E-state index in [1.54, 1.807) is 13.0 Å². The largest absolute Gasteiger partial charge is 0.364 e. The number of rotatable bonds is 3. The molecule has 0 saturated carbocycles. The molecule has 0 bridgehead atoms. The third-order valence-electron chi connectivity index (χ3n) is 1.62. The molecule has 0 aliphatic heterocycles. The number of hydrogen-bond acceptors (Lipinski definition) is 3. The van der Waals surface area contributed by atoms with E-state index >= 15 is 0 Å². The van der Waals surface area contributed by atoms with Crippen molar-refractivity contribution < 1.29 is 9.59 Å². The molecule has 14 heavy (non-hydrogen) atoms. The highest BCUT2D eigenvalue weighted by Crippen LogP contribution is 2.03. The zero-order valence-corrected chi connectivity index (χ0v) is 7.78. The fraction of sp³-hybridized carbons (Fsp3) is 0.222. The maximum absolute atomic E-state index is 11.4. The number of aromatic nitrogens is 1. The smallest absolute Gasteiger partial charge is 0.268 e. The molecule has 0 aromatic carbocycles. The summed E-state index contributed by atoms with van der Waals surface area (Å²) in [5.74, 6) is -1.04. The Labute approximate surface area is 81.3 Å². The molecule has 2 amide bonds. The van der Waals surface area contributed by atoms with E-state index in [4.69, 9.17) is 5.73 Å². The minimum atomic E-state index is -0.702. The molecule has 5 heteroatoms. The first-order chi connectivity index (χ1) is 6.66. The zero-order chi connectivity index (χ0) is 10.6. The van der Waals surface area contributed by atoms with Gasteiger partial charge in [0.1, 0.15) is 5.69 Å². The van der Waals surface area contributed by atoms with Crippen LogP contribution in [0, 0.1) is 0 Å². The second-order valence-corrected chi connectivity index (χ2v) is 2.62. The molecule has 1 aromatic heterocycles. The molecule has 1 heterocycles. The zero-order valence-electron chi connectivity index (χ0n) is 7.78. The summed E-state index contributed by atoms with van der Waals surface area (Å²) in [6.45, 7) is 2.28.